The molecular weight excluding hydrogens is 454 g/mol. The van der Waals surface area contributed by atoms with Crippen LogP contribution in [0.4, 0.5) is 5.95 Å². The largest absolute Gasteiger partial charge is 0.359 e. The van der Waals surface area contributed by atoms with Crippen molar-refractivity contribution in [1.82, 2.24) is 29.4 Å². The van der Waals surface area contributed by atoms with Gasteiger partial charge in [0.1, 0.15) is 0 Å². The molecule has 0 bridgehead atoms. The number of para-hydroxylation sites is 1. The van der Waals surface area contributed by atoms with Crippen LogP contribution in [-0.4, -0.2) is 78.4 Å². The third kappa shape index (κ3) is 5.05. The Balaban J connectivity index is 1.74. The van der Waals surface area contributed by atoms with Crippen LogP contribution in [0.15, 0.2) is 30.3 Å². The van der Waals surface area contributed by atoms with Crippen molar-refractivity contribution in [2.45, 2.75) is 26.3 Å². The fourth-order valence-electron chi connectivity index (χ4n) is 4.44. The lowest BCUT2D eigenvalue weighted by Crippen LogP contribution is -2.30. The predicted molar refractivity (Wildman–Crippen MR) is 132 cm³/mol. The monoisotopic (exact) mass is 485 g/mol. The van der Waals surface area contributed by atoms with Gasteiger partial charge < -0.3 is 10.2 Å². The number of fused-ring (bicyclic) bond motifs is 1. The summed E-state index contributed by atoms with van der Waals surface area (Å²) in [7, 11) is 0.279. The summed E-state index contributed by atoms with van der Waals surface area (Å²) in [6.07, 6.45) is 2.35. The lowest BCUT2D eigenvalue weighted by atomic mass is 10.1. The Labute approximate surface area is 200 Å². The number of carbonyl (C=O) groups is 1. The van der Waals surface area contributed by atoms with Gasteiger partial charge in [0, 0.05) is 63.3 Å². The summed E-state index contributed by atoms with van der Waals surface area (Å²) in [6, 6.07) is 9.94. The molecular formula is C23H31N7O3S. The van der Waals surface area contributed by atoms with E-state index in [-0.39, 0.29) is 11.8 Å². The van der Waals surface area contributed by atoms with Crippen LogP contribution in [0.5, 0.6) is 0 Å². The molecule has 34 heavy (non-hydrogen) atoms. The van der Waals surface area contributed by atoms with Crippen LogP contribution >= 0.6 is 0 Å². The third-order valence-electron chi connectivity index (χ3n) is 6.27. The standard InChI is InChI=1S/C23H31N7O3S/c1-16-13-19(18-7-5-6-8-20(18)25-16)22-26-27-23(28(3)11-10-21(31)24-2)30(22)15-17-9-12-29(14-17)34(4,32)33/h5-8,13,17H,9-12,14-15H2,1-4H3,(H,24,31). The van der Waals surface area contributed by atoms with Crippen molar-refractivity contribution in [3.05, 3.63) is 36.0 Å². The van der Waals surface area contributed by atoms with Gasteiger partial charge in [0.05, 0.1) is 11.8 Å². The first-order valence-corrected chi connectivity index (χ1v) is 13.2. The SMILES string of the molecule is CNC(=O)CCN(C)c1nnc(-c2cc(C)nc3ccccc23)n1CC1CCN(S(C)(=O)=O)C1. The molecule has 1 aliphatic heterocycles. The number of benzene rings is 1. The summed E-state index contributed by atoms with van der Waals surface area (Å²) in [5.74, 6) is 1.44. The smallest absolute Gasteiger partial charge is 0.227 e. The second-order valence-corrected chi connectivity index (χ2v) is 10.9. The number of hydrogen-bond acceptors (Lipinski definition) is 7. The number of nitrogens with zero attached hydrogens (tertiary/aromatic N) is 6. The number of hydrogen-bond donors (Lipinski definition) is 1. The number of carbonyl (C=O) groups excluding carboxylic acids is 1. The van der Waals surface area contributed by atoms with Crippen LogP contribution in [0.1, 0.15) is 18.5 Å². The number of rotatable bonds is 8. The molecule has 1 amide bonds. The maximum Gasteiger partial charge on any atom is 0.227 e. The Morgan fingerprint density at radius 1 is 1.26 bits per heavy atom. The highest BCUT2D eigenvalue weighted by Crippen LogP contribution is 2.32. The highest BCUT2D eigenvalue weighted by atomic mass is 32.2. The molecule has 182 valence electrons. The minimum atomic E-state index is -3.23. The van der Waals surface area contributed by atoms with Crippen LogP contribution in [0.25, 0.3) is 22.3 Å². The molecule has 1 aliphatic rings. The summed E-state index contributed by atoms with van der Waals surface area (Å²) >= 11 is 0. The molecule has 3 heterocycles. The lowest BCUT2D eigenvalue weighted by molar-refractivity contribution is -0.120. The molecule has 2 aromatic heterocycles. The Morgan fingerprint density at radius 3 is 2.74 bits per heavy atom. The number of amides is 1. The molecule has 1 unspecified atom stereocenters. The van der Waals surface area contributed by atoms with E-state index >= 15 is 0 Å². The van der Waals surface area contributed by atoms with Crippen LogP contribution < -0.4 is 10.2 Å². The lowest BCUT2D eigenvalue weighted by Gasteiger charge is -2.22. The molecule has 0 aliphatic carbocycles. The number of aryl methyl sites for hydroxylation is 1. The first-order valence-electron chi connectivity index (χ1n) is 11.3. The molecule has 1 aromatic carbocycles. The van der Waals surface area contributed by atoms with E-state index in [9.17, 15) is 13.2 Å². The van der Waals surface area contributed by atoms with Crippen LogP contribution in [0.3, 0.4) is 0 Å². The maximum atomic E-state index is 12.0. The van der Waals surface area contributed by atoms with E-state index in [0.29, 0.717) is 44.4 Å². The minimum absolute atomic E-state index is 0.0477. The van der Waals surface area contributed by atoms with Crippen molar-refractivity contribution >= 4 is 32.8 Å². The van der Waals surface area contributed by atoms with Gasteiger partial charge in [-0.1, -0.05) is 18.2 Å². The van der Waals surface area contributed by atoms with Gasteiger partial charge >= 0.3 is 0 Å². The first-order chi connectivity index (χ1) is 16.2. The molecule has 1 fully saturated rings. The Bertz CT molecular complexity index is 1310. The number of aromatic nitrogens is 4. The van der Waals surface area contributed by atoms with E-state index in [1.807, 2.05) is 49.2 Å². The molecule has 0 radical (unpaired) electrons. The van der Waals surface area contributed by atoms with Crippen molar-refractivity contribution in [2.24, 2.45) is 5.92 Å². The van der Waals surface area contributed by atoms with E-state index in [1.165, 1.54) is 10.6 Å². The van der Waals surface area contributed by atoms with E-state index < -0.39 is 10.0 Å². The highest BCUT2D eigenvalue weighted by molar-refractivity contribution is 7.88. The van der Waals surface area contributed by atoms with Crippen molar-refractivity contribution in [2.75, 3.05) is 44.9 Å². The Kier molecular flexibility index (Phi) is 6.85. The van der Waals surface area contributed by atoms with E-state index in [2.05, 4.69) is 25.1 Å². The zero-order valence-corrected chi connectivity index (χ0v) is 20.8. The molecule has 10 nitrogen and oxygen atoms in total. The number of nitrogens with one attached hydrogen (secondary N) is 1. The highest BCUT2D eigenvalue weighted by Gasteiger charge is 2.31. The molecule has 4 rings (SSSR count). The van der Waals surface area contributed by atoms with Gasteiger partial charge in [-0.05, 0) is 31.4 Å². The van der Waals surface area contributed by atoms with Crippen molar-refractivity contribution < 1.29 is 13.2 Å². The summed E-state index contributed by atoms with van der Waals surface area (Å²) in [5, 5.41) is 12.7. The predicted octanol–water partition coefficient (Wildman–Crippen LogP) is 1.66. The third-order valence-corrected chi connectivity index (χ3v) is 7.54. The molecule has 0 spiro atoms. The van der Waals surface area contributed by atoms with Gasteiger partial charge in [0.25, 0.3) is 0 Å². The molecule has 1 saturated heterocycles. The Morgan fingerprint density at radius 2 is 2.03 bits per heavy atom. The van der Waals surface area contributed by atoms with Crippen molar-refractivity contribution in [3.8, 4) is 11.4 Å². The quantitative estimate of drug-likeness (QED) is 0.516. The summed E-state index contributed by atoms with van der Waals surface area (Å²) < 4.78 is 27.7. The fourth-order valence-corrected chi connectivity index (χ4v) is 5.36. The minimum Gasteiger partial charge on any atom is -0.359 e. The summed E-state index contributed by atoms with van der Waals surface area (Å²) in [4.78, 5) is 18.4. The summed E-state index contributed by atoms with van der Waals surface area (Å²) in [6.45, 7) is 3.99. The first kappa shape index (κ1) is 24.1. The van der Waals surface area contributed by atoms with Gasteiger partial charge in [-0.25, -0.2) is 12.7 Å². The summed E-state index contributed by atoms with van der Waals surface area (Å²) in [5.41, 5.74) is 2.69. The van der Waals surface area contributed by atoms with E-state index in [4.69, 9.17) is 0 Å². The van der Waals surface area contributed by atoms with Gasteiger partial charge in [-0.15, -0.1) is 10.2 Å². The van der Waals surface area contributed by atoms with Crippen LogP contribution in [0, 0.1) is 12.8 Å². The average molecular weight is 486 g/mol. The number of sulfonamides is 1. The van der Waals surface area contributed by atoms with Crippen LogP contribution in [-0.2, 0) is 21.4 Å². The molecule has 0 saturated carbocycles. The normalized spacial score (nSPS) is 16.8. The molecule has 3 aromatic rings. The molecule has 1 atom stereocenters. The van der Waals surface area contributed by atoms with E-state index in [0.717, 1.165) is 28.6 Å². The van der Waals surface area contributed by atoms with Gasteiger partial charge in [0.2, 0.25) is 21.9 Å². The maximum absolute atomic E-state index is 12.0. The molecule has 1 N–H and O–H groups in total. The van der Waals surface area contributed by atoms with Crippen molar-refractivity contribution in [3.63, 3.8) is 0 Å². The van der Waals surface area contributed by atoms with Gasteiger partial charge in [0.15, 0.2) is 5.82 Å². The number of pyridine rings is 1. The zero-order valence-electron chi connectivity index (χ0n) is 20.0. The van der Waals surface area contributed by atoms with Gasteiger partial charge in [-0.3, -0.25) is 14.3 Å². The van der Waals surface area contributed by atoms with Crippen molar-refractivity contribution in [1.29, 1.82) is 0 Å². The second-order valence-electron chi connectivity index (χ2n) is 8.88. The second kappa shape index (κ2) is 9.67. The Hall–Kier alpha value is -3.05. The van der Waals surface area contributed by atoms with Crippen LogP contribution in [0.2, 0.25) is 0 Å². The average Bonchev–Trinajstić information content (AvgIpc) is 3.44. The van der Waals surface area contributed by atoms with E-state index in [1.54, 1.807) is 7.05 Å². The van der Waals surface area contributed by atoms with Gasteiger partial charge in [-0.2, -0.15) is 0 Å². The zero-order chi connectivity index (χ0) is 24.5. The molecule has 11 heteroatoms. The topological polar surface area (TPSA) is 113 Å². The fraction of sp³-hybridized carbons (Fsp3) is 0.478. The number of anilines is 1.